The van der Waals surface area contributed by atoms with Crippen molar-refractivity contribution in [3.63, 3.8) is 0 Å². The molecule has 1 heterocycles. The number of furan rings is 1. The monoisotopic (exact) mass is 277 g/mol. The number of nitrogens with one attached hydrogen (secondary N) is 1. The van der Waals surface area contributed by atoms with Gasteiger partial charge in [0.2, 0.25) is 0 Å². The summed E-state index contributed by atoms with van der Waals surface area (Å²) < 4.78 is 5.65. The SMILES string of the molecule is CCNC(c1ccc(Cl)c(C)c1)c1cc(C)oc1C. The van der Waals surface area contributed by atoms with Crippen molar-refractivity contribution in [3.8, 4) is 0 Å². The van der Waals surface area contributed by atoms with E-state index in [9.17, 15) is 0 Å². The summed E-state index contributed by atoms with van der Waals surface area (Å²) in [5.74, 6) is 1.91. The van der Waals surface area contributed by atoms with E-state index in [1.807, 2.05) is 26.8 Å². The smallest absolute Gasteiger partial charge is 0.106 e. The Labute approximate surface area is 119 Å². The third-order valence-corrected chi connectivity index (χ3v) is 3.74. The van der Waals surface area contributed by atoms with Crippen molar-refractivity contribution in [1.82, 2.24) is 5.32 Å². The molecule has 2 nitrogen and oxygen atoms in total. The first-order valence-corrected chi connectivity index (χ1v) is 6.97. The second-order valence-corrected chi connectivity index (χ2v) is 5.28. The molecule has 1 atom stereocenters. The van der Waals surface area contributed by atoms with E-state index in [2.05, 4.69) is 30.4 Å². The molecule has 1 unspecified atom stereocenters. The maximum absolute atomic E-state index is 6.10. The van der Waals surface area contributed by atoms with Crippen molar-refractivity contribution >= 4 is 11.6 Å². The van der Waals surface area contributed by atoms with Gasteiger partial charge in [0.05, 0.1) is 6.04 Å². The molecule has 0 saturated carbocycles. The summed E-state index contributed by atoms with van der Waals surface area (Å²) in [4.78, 5) is 0. The summed E-state index contributed by atoms with van der Waals surface area (Å²) >= 11 is 6.10. The largest absolute Gasteiger partial charge is 0.466 e. The highest BCUT2D eigenvalue weighted by atomic mass is 35.5. The lowest BCUT2D eigenvalue weighted by Crippen LogP contribution is -2.22. The van der Waals surface area contributed by atoms with Gasteiger partial charge in [0.15, 0.2) is 0 Å². The van der Waals surface area contributed by atoms with Gasteiger partial charge >= 0.3 is 0 Å². The number of aryl methyl sites for hydroxylation is 3. The van der Waals surface area contributed by atoms with Crippen LogP contribution in [-0.4, -0.2) is 6.54 Å². The van der Waals surface area contributed by atoms with E-state index in [4.69, 9.17) is 16.0 Å². The van der Waals surface area contributed by atoms with Crippen molar-refractivity contribution in [1.29, 1.82) is 0 Å². The maximum atomic E-state index is 6.10. The van der Waals surface area contributed by atoms with Gasteiger partial charge in [-0.3, -0.25) is 0 Å². The number of halogens is 1. The zero-order chi connectivity index (χ0) is 14.0. The van der Waals surface area contributed by atoms with Crippen LogP contribution in [0.4, 0.5) is 0 Å². The van der Waals surface area contributed by atoms with Crippen LogP contribution in [0.15, 0.2) is 28.7 Å². The minimum absolute atomic E-state index is 0.151. The normalized spacial score (nSPS) is 12.7. The van der Waals surface area contributed by atoms with E-state index in [0.717, 1.165) is 28.7 Å². The second kappa shape index (κ2) is 5.81. The Kier molecular flexibility index (Phi) is 4.33. The molecule has 0 amide bonds. The highest BCUT2D eigenvalue weighted by Gasteiger charge is 2.18. The summed E-state index contributed by atoms with van der Waals surface area (Å²) in [6.45, 7) is 9.03. The van der Waals surface area contributed by atoms with Crippen LogP contribution in [0.2, 0.25) is 5.02 Å². The molecule has 0 aliphatic rings. The molecule has 102 valence electrons. The lowest BCUT2D eigenvalue weighted by molar-refractivity contribution is 0.495. The summed E-state index contributed by atoms with van der Waals surface area (Å²) in [5.41, 5.74) is 3.51. The van der Waals surface area contributed by atoms with Gasteiger partial charge in [-0.15, -0.1) is 0 Å². The third-order valence-electron chi connectivity index (χ3n) is 3.31. The standard InChI is InChI=1S/C16H20ClNO/c1-5-18-16(14-9-11(3)19-12(14)4)13-6-7-15(17)10(2)8-13/h6-9,16,18H,5H2,1-4H3. The molecule has 0 aliphatic carbocycles. The lowest BCUT2D eigenvalue weighted by Gasteiger charge is -2.18. The Morgan fingerprint density at radius 3 is 2.47 bits per heavy atom. The van der Waals surface area contributed by atoms with Crippen molar-refractivity contribution in [2.75, 3.05) is 6.54 Å². The van der Waals surface area contributed by atoms with Gasteiger partial charge in [0, 0.05) is 10.6 Å². The minimum atomic E-state index is 0.151. The predicted molar refractivity (Wildman–Crippen MR) is 79.9 cm³/mol. The molecule has 2 aromatic rings. The Hall–Kier alpha value is -1.25. The molecule has 1 N–H and O–H groups in total. The Morgan fingerprint density at radius 1 is 1.21 bits per heavy atom. The van der Waals surface area contributed by atoms with Gasteiger partial charge < -0.3 is 9.73 Å². The van der Waals surface area contributed by atoms with Crippen molar-refractivity contribution in [2.24, 2.45) is 0 Å². The van der Waals surface area contributed by atoms with Crippen LogP contribution in [0.3, 0.4) is 0 Å². The number of hydrogen-bond acceptors (Lipinski definition) is 2. The summed E-state index contributed by atoms with van der Waals surface area (Å²) in [6.07, 6.45) is 0. The van der Waals surface area contributed by atoms with Crippen molar-refractivity contribution in [3.05, 3.63) is 57.5 Å². The van der Waals surface area contributed by atoms with E-state index >= 15 is 0 Å². The highest BCUT2D eigenvalue weighted by molar-refractivity contribution is 6.31. The molecule has 3 heteroatoms. The van der Waals surface area contributed by atoms with E-state index in [1.54, 1.807) is 0 Å². The predicted octanol–water partition coefficient (Wildman–Crippen LogP) is 4.56. The summed E-state index contributed by atoms with van der Waals surface area (Å²) in [6, 6.07) is 8.42. The summed E-state index contributed by atoms with van der Waals surface area (Å²) in [7, 11) is 0. The zero-order valence-electron chi connectivity index (χ0n) is 11.9. The molecule has 1 aromatic carbocycles. The first-order chi connectivity index (χ1) is 9.02. The average Bonchev–Trinajstić information content (AvgIpc) is 2.69. The molecule has 1 aromatic heterocycles. The number of benzene rings is 1. The highest BCUT2D eigenvalue weighted by Crippen LogP contribution is 2.29. The quantitative estimate of drug-likeness (QED) is 0.886. The fraction of sp³-hybridized carbons (Fsp3) is 0.375. The van der Waals surface area contributed by atoms with Gasteiger partial charge in [-0.2, -0.15) is 0 Å². The van der Waals surface area contributed by atoms with E-state index in [0.29, 0.717) is 0 Å². The van der Waals surface area contributed by atoms with Gasteiger partial charge in [0.25, 0.3) is 0 Å². The zero-order valence-corrected chi connectivity index (χ0v) is 12.6. The van der Waals surface area contributed by atoms with E-state index in [-0.39, 0.29) is 6.04 Å². The molecular weight excluding hydrogens is 258 g/mol. The minimum Gasteiger partial charge on any atom is -0.466 e. The van der Waals surface area contributed by atoms with Gasteiger partial charge in [-0.05, 0) is 50.6 Å². The van der Waals surface area contributed by atoms with Crippen LogP contribution in [0.5, 0.6) is 0 Å². The first-order valence-electron chi connectivity index (χ1n) is 6.59. The van der Waals surface area contributed by atoms with Crippen LogP contribution in [0.1, 0.15) is 41.2 Å². The maximum Gasteiger partial charge on any atom is 0.106 e. The Bertz CT molecular complexity index is 574. The molecule has 0 fully saturated rings. The van der Waals surface area contributed by atoms with Crippen LogP contribution in [0, 0.1) is 20.8 Å². The fourth-order valence-electron chi connectivity index (χ4n) is 2.40. The number of hydrogen-bond donors (Lipinski definition) is 1. The van der Waals surface area contributed by atoms with Gasteiger partial charge in [-0.1, -0.05) is 30.7 Å². The van der Waals surface area contributed by atoms with Crippen LogP contribution in [0.25, 0.3) is 0 Å². The van der Waals surface area contributed by atoms with E-state index in [1.165, 1.54) is 11.1 Å². The van der Waals surface area contributed by atoms with Crippen LogP contribution in [-0.2, 0) is 0 Å². The van der Waals surface area contributed by atoms with Crippen molar-refractivity contribution in [2.45, 2.75) is 33.7 Å². The Balaban J connectivity index is 2.44. The molecule has 2 rings (SSSR count). The molecule has 0 bridgehead atoms. The number of rotatable bonds is 4. The molecular formula is C16H20ClNO. The van der Waals surface area contributed by atoms with E-state index < -0.39 is 0 Å². The topological polar surface area (TPSA) is 25.2 Å². The second-order valence-electron chi connectivity index (χ2n) is 4.87. The summed E-state index contributed by atoms with van der Waals surface area (Å²) in [5, 5.41) is 4.32. The first kappa shape index (κ1) is 14.2. The molecule has 0 radical (unpaired) electrons. The molecule has 0 aliphatic heterocycles. The molecule has 19 heavy (non-hydrogen) atoms. The fourth-order valence-corrected chi connectivity index (χ4v) is 2.51. The van der Waals surface area contributed by atoms with Crippen LogP contribution < -0.4 is 5.32 Å². The lowest BCUT2D eigenvalue weighted by atomic mass is 9.97. The third kappa shape index (κ3) is 3.02. The average molecular weight is 278 g/mol. The van der Waals surface area contributed by atoms with Gasteiger partial charge in [-0.25, -0.2) is 0 Å². The van der Waals surface area contributed by atoms with Gasteiger partial charge in [0.1, 0.15) is 11.5 Å². The van der Waals surface area contributed by atoms with Crippen molar-refractivity contribution < 1.29 is 4.42 Å². The molecule has 0 spiro atoms. The molecule has 0 saturated heterocycles. The van der Waals surface area contributed by atoms with Crippen LogP contribution >= 0.6 is 11.6 Å². The Morgan fingerprint density at radius 2 is 1.95 bits per heavy atom.